The highest BCUT2D eigenvalue weighted by molar-refractivity contribution is 6.00. The molecule has 1 aromatic carbocycles. The van der Waals surface area contributed by atoms with Gasteiger partial charge in [0.15, 0.2) is 0 Å². The van der Waals surface area contributed by atoms with Crippen LogP contribution >= 0.6 is 0 Å². The molecule has 204 valence electrons. The molecule has 5 heterocycles. The molecule has 0 bridgehead atoms. The predicted octanol–water partition coefficient (Wildman–Crippen LogP) is 3.23. The number of anilines is 1. The van der Waals surface area contributed by atoms with Gasteiger partial charge in [-0.3, -0.25) is 9.58 Å². The number of aromatic nitrogens is 5. The average molecular weight is 540 g/mol. The van der Waals surface area contributed by atoms with Crippen molar-refractivity contribution in [3.05, 3.63) is 60.8 Å². The molecule has 2 aliphatic heterocycles. The maximum absolute atomic E-state index is 12.9. The minimum Gasteiger partial charge on any atom is -0.465 e. The highest BCUT2D eigenvalue weighted by Crippen LogP contribution is 2.37. The molecule has 2 aliphatic rings. The number of rotatable bonds is 6. The Hall–Kier alpha value is -4.76. The Balaban J connectivity index is 1.08. The van der Waals surface area contributed by atoms with Gasteiger partial charge < -0.3 is 19.9 Å². The normalized spacial score (nSPS) is 17.2. The van der Waals surface area contributed by atoms with Gasteiger partial charge in [0.25, 0.3) is 0 Å². The number of nitrogens with zero attached hydrogens (tertiary/aromatic N) is 7. The van der Waals surface area contributed by atoms with Crippen LogP contribution in [0.25, 0.3) is 22.3 Å². The summed E-state index contributed by atoms with van der Waals surface area (Å²) < 4.78 is 6.74. The third-order valence-corrected chi connectivity index (χ3v) is 7.94. The quantitative estimate of drug-likeness (QED) is 0.355. The fraction of sp³-hybridized carbons (Fsp3) is 0.357. The summed E-state index contributed by atoms with van der Waals surface area (Å²) in [6.45, 7) is 2.64. The third-order valence-electron chi connectivity index (χ3n) is 7.94. The van der Waals surface area contributed by atoms with Gasteiger partial charge in [-0.05, 0) is 31.0 Å². The second-order valence-electron chi connectivity index (χ2n) is 10.3. The molecule has 0 atom stereocenters. The number of fused-ring (bicyclic) bond motifs is 1. The molecule has 0 unspecified atom stereocenters. The number of para-hydroxylation sites is 1. The van der Waals surface area contributed by atoms with Crippen LogP contribution in [-0.4, -0.2) is 85.9 Å². The number of carbonyl (C=O) groups excluding carboxylic acids is 2. The van der Waals surface area contributed by atoms with Crippen molar-refractivity contribution < 1.29 is 14.3 Å². The van der Waals surface area contributed by atoms with Gasteiger partial charge in [-0.25, -0.2) is 19.6 Å². The highest BCUT2D eigenvalue weighted by atomic mass is 16.5. The van der Waals surface area contributed by atoms with Gasteiger partial charge in [0, 0.05) is 55.6 Å². The van der Waals surface area contributed by atoms with E-state index < -0.39 is 11.5 Å². The van der Waals surface area contributed by atoms with Crippen LogP contribution in [0.2, 0.25) is 0 Å². The minimum atomic E-state index is -0.493. The maximum Gasteiger partial charge on any atom is 0.339 e. The summed E-state index contributed by atoms with van der Waals surface area (Å²) in [5, 5.41) is 18.1. The molecule has 40 heavy (non-hydrogen) atoms. The van der Waals surface area contributed by atoms with Gasteiger partial charge in [0.1, 0.15) is 17.5 Å². The van der Waals surface area contributed by atoms with Gasteiger partial charge in [0.2, 0.25) is 0 Å². The first-order valence-electron chi connectivity index (χ1n) is 13.2. The highest BCUT2D eigenvalue weighted by Gasteiger charge is 2.48. The van der Waals surface area contributed by atoms with Crippen LogP contribution < -0.4 is 5.32 Å². The first-order chi connectivity index (χ1) is 19.5. The number of H-pyrrole nitrogens is 1. The lowest BCUT2D eigenvalue weighted by Crippen LogP contribution is -2.66. The number of aromatic amines is 1. The lowest BCUT2D eigenvalue weighted by Gasteiger charge is -2.53. The number of ether oxygens (including phenoxy) is 1. The summed E-state index contributed by atoms with van der Waals surface area (Å²) in [4.78, 5) is 41.0. The zero-order valence-corrected chi connectivity index (χ0v) is 22.1. The number of urea groups is 1. The van der Waals surface area contributed by atoms with Crippen molar-refractivity contribution in [1.82, 2.24) is 34.5 Å². The Kier molecular flexibility index (Phi) is 6.65. The van der Waals surface area contributed by atoms with Gasteiger partial charge in [-0.2, -0.15) is 10.4 Å². The van der Waals surface area contributed by atoms with E-state index in [1.807, 2.05) is 23.1 Å². The van der Waals surface area contributed by atoms with Crippen LogP contribution in [0.1, 0.15) is 29.6 Å². The second kappa shape index (κ2) is 10.4. The van der Waals surface area contributed by atoms with Crippen LogP contribution in [0.4, 0.5) is 10.5 Å². The Morgan fingerprint density at radius 1 is 1.20 bits per heavy atom. The fourth-order valence-electron chi connectivity index (χ4n) is 5.77. The zero-order valence-electron chi connectivity index (χ0n) is 22.1. The number of amides is 2. The molecule has 2 amide bonds. The van der Waals surface area contributed by atoms with Crippen molar-refractivity contribution in [2.45, 2.75) is 30.8 Å². The monoisotopic (exact) mass is 539 g/mol. The molecular formula is C28H29N9O3. The van der Waals surface area contributed by atoms with E-state index in [9.17, 15) is 14.9 Å². The molecular weight excluding hydrogens is 510 g/mol. The van der Waals surface area contributed by atoms with Crippen molar-refractivity contribution in [1.29, 1.82) is 5.26 Å². The summed E-state index contributed by atoms with van der Waals surface area (Å²) in [7, 11) is 1.32. The molecule has 0 aliphatic carbocycles. The zero-order chi connectivity index (χ0) is 27.7. The van der Waals surface area contributed by atoms with E-state index in [1.54, 1.807) is 35.4 Å². The largest absolute Gasteiger partial charge is 0.465 e. The van der Waals surface area contributed by atoms with Crippen molar-refractivity contribution in [2.75, 3.05) is 38.6 Å². The summed E-state index contributed by atoms with van der Waals surface area (Å²) in [6.07, 6.45) is 9.15. The first kappa shape index (κ1) is 25.5. The number of nitriles is 1. The first-order valence-corrected chi connectivity index (χ1v) is 13.2. The van der Waals surface area contributed by atoms with Crippen molar-refractivity contribution >= 4 is 28.7 Å². The molecule has 12 nitrogen and oxygen atoms in total. The molecule has 2 fully saturated rings. The van der Waals surface area contributed by atoms with Gasteiger partial charge >= 0.3 is 12.0 Å². The lowest BCUT2D eigenvalue weighted by atomic mass is 9.84. The summed E-state index contributed by atoms with van der Waals surface area (Å²) in [6, 6.07) is 11.2. The standard InChI is InChI=1S/C28H29N9O3/c1-40-26(38)21-4-2-3-5-23(21)34-27(39)35-12-7-20(8-13-35)36-16-28(17-36,9-10-29)37-15-19(14-33-37)24-22-6-11-30-25(22)32-18-31-24/h2-6,11,14-15,18,20H,7-9,12-13,16-17H2,1H3,(H,34,39)(H,30,31,32). The Bertz CT molecular complexity index is 1590. The van der Waals surface area contributed by atoms with E-state index >= 15 is 0 Å². The van der Waals surface area contributed by atoms with Crippen LogP contribution in [0.5, 0.6) is 0 Å². The van der Waals surface area contributed by atoms with E-state index in [-0.39, 0.29) is 6.03 Å². The molecule has 6 rings (SSSR count). The second-order valence-corrected chi connectivity index (χ2v) is 10.3. The number of methoxy groups -OCH3 is 1. The Labute approximate surface area is 230 Å². The van der Waals surface area contributed by atoms with Crippen molar-refractivity contribution in [2.24, 2.45) is 0 Å². The molecule has 3 aromatic heterocycles. The Morgan fingerprint density at radius 3 is 2.77 bits per heavy atom. The van der Waals surface area contributed by atoms with Crippen LogP contribution in [0.15, 0.2) is 55.2 Å². The average Bonchev–Trinajstić information content (AvgIpc) is 3.65. The minimum absolute atomic E-state index is 0.234. The summed E-state index contributed by atoms with van der Waals surface area (Å²) >= 11 is 0. The van der Waals surface area contributed by atoms with Gasteiger partial charge in [-0.15, -0.1) is 0 Å². The number of nitrogens with one attached hydrogen (secondary N) is 2. The van der Waals surface area contributed by atoms with Crippen LogP contribution in [0.3, 0.4) is 0 Å². The molecule has 0 spiro atoms. The fourth-order valence-corrected chi connectivity index (χ4v) is 5.77. The van der Waals surface area contributed by atoms with Crippen molar-refractivity contribution in [3.8, 4) is 17.3 Å². The number of benzene rings is 1. The maximum atomic E-state index is 12.9. The smallest absolute Gasteiger partial charge is 0.339 e. The van der Waals surface area contributed by atoms with E-state index in [0.29, 0.717) is 49.9 Å². The Morgan fingerprint density at radius 2 is 2.00 bits per heavy atom. The molecule has 0 saturated carbocycles. The lowest BCUT2D eigenvalue weighted by molar-refractivity contribution is -0.0399. The number of likely N-dealkylation sites (tertiary alicyclic amines) is 2. The number of carbonyl (C=O) groups is 2. The summed E-state index contributed by atoms with van der Waals surface area (Å²) in [5.41, 5.74) is 2.82. The van der Waals surface area contributed by atoms with Crippen LogP contribution in [-0.2, 0) is 10.3 Å². The molecule has 12 heteroatoms. The van der Waals surface area contributed by atoms with E-state index in [1.165, 1.54) is 13.4 Å². The third kappa shape index (κ3) is 4.54. The van der Waals surface area contributed by atoms with Crippen LogP contribution in [0, 0.1) is 11.3 Å². The number of hydrogen-bond acceptors (Lipinski definition) is 8. The summed E-state index contributed by atoms with van der Waals surface area (Å²) in [5.74, 6) is -0.493. The molecule has 2 N–H and O–H groups in total. The molecule has 2 saturated heterocycles. The molecule has 0 radical (unpaired) electrons. The number of piperidine rings is 1. The predicted molar refractivity (Wildman–Crippen MR) is 146 cm³/mol. The van der Waals surface area contributed by atoms with E-state index in [0.717, 1.165) is 35.1 Å². The van der Waals surface area contributed by atoms with E-state index in [4.69, 9.17) is 4.74 Å². The topological polar surface area (TPSA) is 145 Å². The van der Waals surface area contributed by atoms with Crippen molar-refractivity contribution in [3.63, 3.8) is 0 Å². The van der Waals surface area contributed by atoms with Gasteiger partial charge in [-0.1, -0.05) is 12.1 Å². The number of hydrogen-bond donors (Lipinski definition) is 2. The SMILES string of the molecule is COC(=O)c1ccccc1NC(=O)N1CCC(N2CC(CC#N)(n3cc(-c4ncnc5[nH]ccc45)cn3)C2)CC1. The van der Waals surface area contributed by atoms with Gasteiger partial charge in [0.05, 0.1) is 42.7 Å². The van der Waals surface area contributed by atoms with E-state index in [2.05, 4.69) is 36.3 Å². The molecule has 4 aromatic rings. The number of esters is 1.